The largest absolute Gasteiger partial charge is 0.381 e. The zero-order valence-corrected chi connectivity index (χ0v) is 17.8. The molecule has 1 saturated heterocycles. The van der Waals surface area contributed by atoms with Crippen molar-refractivity contribution in [2.24, 2.45) is 11.8 Å². The van der Waals surface area contributed by atoms with E-state index in [1.54, 1.807) is 12.1 Å². The van der Waals surface area contributed by atoms with Gasteiger partial charge in [0.1, 0.15) is 23.2 Å². The number of rotatable bonds is 6. The Bertz CT molecular complexity index is 1130. The van der Waals surface area contributed by atoms with Crippen LogP contribution < -0.4 is 0 Å². The Hall–Kier alpha value is -2.60. The molecule has 1 aromatic heterocycles. The van der Waals surface area contributed by atoms with E-state index in [4.69, 9.17) is 4.74 Å². The third kappa shape index (κ3) is 4.20. The molecule has 1 saturated carbocycles. The zero-order chi connectivity index (χ0) is 22.2. The maximum absolute atomic E-state index is 14.5. The summed E-state index contributed by atoms with van der Waals surface area (Å²) in [4.78, 5) is 15.7. The van der Waals surface area contributed by atoms with E-state index in [2.05, 4.69) is 4.98 Å². The van der Waals surface area contributed by atoms with E-state index < -0.39 is 11.6 Å². The summed E-state index contributed by atoms with van der Waals surface area (Å²) >= 11 is 0. The zero-order valence-electron chi connectivity index (χ0n) is 17.8. The Kier molecular flexibility index (Phi) is 5.80. The first-order valence-electron chi connectivity index (χ1n) is 11.3. The van der Waals surface area contributed by atoms with Crippen molar-refractivity contribution in [2.45, 2.75) is 44.4 Å². The first kappa shape index (κ1) is 21.3. The topological polar surface area (TPSA) is 42.1 Å². The number of H-pyrrole nitrogens is 1. The summed E-state index contributed by atoms with van der Waals surface area (Å²) < 4.78 is 47.3. The predicted molar refractivity (Wildman–Crippen MR) is 117 cm³/mol. The van der Waals surface area contributed by atoms with Crippen molar-refractivity contribution in [1.29, 1.82) is 0 Å². The van der Waals surface area contributed by atoms with Crippen LogP contribution in [0.1, 0.15) is 50.0 Å². The fourth-order valence-electron chi connectivity index (χ4n) is 5.32. The molecule has 0 bridgehead atoms. The van der Waals surface area contributed by atoms with Gasteiger partial charge < -0.3 is 9.72 Å². The molecule has 0 unspecified atom stereocenters. The second-order valence-electron chi connectivity index (χ2n) is 9.27. The Morgan fingerprint density at radius 2 is 1.62 bits per heavy atom. The van der Waals surface area contributed by atoms with Crippen LogP contribution in [-0.4, -0.2) is 24.0 Å². The van der Waals surface area contributed by atoms with Gasteiger partial charge in [-0.2, -0.15) is 0 Å². The number of ketones is 1. The van der Waals surface area contributed by atoms with E-state index in [1.807, 2.05) is 0 Å². The van der Waals surface area contributed by atoms with Crippen molar-refractivity contribution in [3.05, 3.63) is 59.4 Å². The minimum atomic E-state index is -0.642. The molecule has 3 aromatic rings. The Morgan fingerprint density at radius 1 is 0.938 bits per heavy atom. The predicted octanol–water partition coefficient (Wildman–Crippen LogP) is 6.52. The maximum Gasteiger partial charge on any atom is 0.150 e. The third-order valence-corrected chi connectivity index (χ3v) is 7.01. The highest BCUT2D eigenvalue weighted by molar-refractivity contribution is 5.92. The lowest BCUT2D eigenvalue weighted by atomic mass is 9.68. The van der Waals surface area contributed by atoms with E-state index in [0.717, 1.165) is 56.1 Å². The molecule has 168 valence electrons. The van der Waals surface area contributed by atoms with Crippen molar-refractivity contribution < 1.29 is 22.7 Å². The van der Waals surface area contributed by atoms with Crippen molar-refractivity contribution >= 4 is 16.7 Å². The molecule has 32 heavy (non-hydrogen) atoms. The van der Waals surface area contributed by atoms with Crippen molar-refractivity contribution in [3.8, 4) is 11.3 Å². The molecule has 0 atom stereocenters. The monoisotopic (exact) mass is 441 g/mol. The summed E-state index contributed by atoms with van der Waals surface area (Å²) in [6.45, 7) is 1.48. The molecule has 3 nitrogen and oxygen atoms in total. The van der Waals surface area contributed by atoms with Gasteiger partial charge in [-0.05, 0) is 84.9 Å². The molecule has 2 heterocycles. The molecular weight excluding hydrogens is 415 g/mol. The van der Waals surface area contributed by atoms with E-state index in [-0.39, 0.29) is 23.2 Å². The van der Waals surface area contributed by atoms with E-state index in [9.17, 15) is 18.0 Å². The Labute approximate surface area is 185 Å². The van der Waals surface area contributed by atoms with E-state index >= 15 is 0 Å². The van der Waals surface area contributed by atoms with Crippen LogP contribution in [-0.2, 0) is 9.53 Å². The molecular formula is C26H26F3NO2. The third-order valence-electron chi connectivity index (χ3n) is 7.01. The summed E-state index contributed by atoms with van der Waals surface area (Å²) in [6, 6.07) is 8.24. The van der Waals surface area contributed by atoms with Crippen LogP contribution in [0, 0.1) is 29.3 Å². The van der Waals surface area contributed by atoms with Gasteiger partial charge in [-0.3, -0.25) is 4.79 Å². The molecule has 0 radical (unpaired) electrons. The highest BCUT2D eigenvalue weighted by Crippen LogP contribution is 2.49. The van der Waals surface area contributed by atoms with Gasteiger partial charge in [0.25, 0.3) is 0 Å². The number of halogens is 3. The van der Waals surface area contributed by atoms with Crippen LogP contribution in [0.5, 0.6) is 0 Å². The van der Waals surface area contributed by atoms with Gasteiger partial charge in [-0.15, -0.1) is 0 Å². The highest BCUT2D eigenvalue weighted by Gasteiger charge is 2.36. The molecule has 0 amide bonds. The van der Waals surface area contributed by atoms with Gasteiger partial charge >= 0.3 is 0 Å². The smallest absolute Gasteiger partial charge is 0.150 e. The number of aromatic nitrogens is 1. The van der Waals surface area contributed by atoms with Gasteiger partial charge in [0.2, 0.25) is 0 Å². The number of aromatic amines is 1. The van der Waals surface area contributed by atoms with Crippen molar-refractivity contribution in [3.63, 3.8) is 0 Å². The number of nitrogens with one attached hydrogen (secondary N) is 1. The van der Waals surface area contributed by atoms with Crippen molar-refractivity contribution in [1.82, 2.24) is 4.98 Å². The molecule has 6 heteroatoms. The lowest BCUT2D eigenvalue weighted by Crippen LogP contribution is -2.26. The summed E-state index contributed by atoms with van der Waals surface area (Å²) in [5.41, 5.74) is 2.55. The molecule has 1 N–H and O–H groups in total. The van der Waals surface area contributed by atoms with Crippen molar-refractivity contribution in [2.75, 3.05) is 13.2 Å². The SMILES string of the molecule is O=C(CC1CCOCC1)C[C@H]1C[C@H](c2c(-c3ccc(F)cc3)[nH]c3c(F)cc(F)cc32)C1. The number of ether oxygens (including phenoxy) is 1. The summed E-state index contributed by atoms with van der Waals surface area (Å²) in [5, 5.41) is 0.527. The lowest BCUT2D eigenvalue weighted by Gasteiger charge is -2.36. The van der Waals surface area contributed by atoms with Gasteiger partial charge in [0.05, 0.1) is 11.2 Å². The number of Topliss-reactive ketones (excluding diaryl/α,β-unsaturated/α-hetero) is 1. The quantitative estimate of drug-likeness (QED) is 0.473. The van der Waals surface area contributed by atoms with E-state index in [0.29, 0.717) is 35.6 Å². The molecule has 1 aliphatic carbocycles. The summed E-state index contributed by atoms with van der Waals surface area (Å²) in [7, 11) is 0. The van der Waals surface area contributed by atoms with Crippen LogP contribution in [0.15, 0.2) is 36.4 Å². The number of carbonyl (C=O) groups excluding carboxylic acids is 1. The van der Waals surface area contributed by atoms with Gasteiger partial charge in [-0.25, -0.2) is 13.2 Å². The second kappa shape index (κ2) is 8.74. The Morgan fingerprint density at radius 3 is 2.34 bits per heavy atom. The first-order valence-corrected chi connectivity index (χ1v) is 11.3. The lowest BCUT2D eigenvalue weighted by molar-refractivity contribution is -0.122. The highest BCUT2D eigenvalue weighted by atomic mass is 19.1. The molecule has 2 aromatic carbocycles. The van der Waals surface area contributed by atoms with Crippen LogP contribution >= 0.6 is 0 Å². The fraction of sp³-hybridized carbons (Fsp3) is 0.423. The number of carbonyl (C=O) groups is 1. The van der Waals surface area contributed by atoms with Gasteiger partial charge in [0, 0.05) is 37.5 Å². The molecule has 1 aliphatic heterocycles. The summed E-state index contributed by atoms with van der Waals surface area (Å²) in [5.74, 6) is -0.495. The maximum atomic E-state index is 14.5. The fourth-order valence-corrected chi connectivity index (χ4v) is 5.32. The van der Waals surface area contributed by atoms with Gasteiger partial charge in [0.15, 0.2) is 0 Å². The Balaban J connectivity index is 1.36. The van der Waals surface area contributed by atoms with Gasteiger partial charge in [-0.1, -0.05) is 0 Å². The average Bonchev–Trinajstić information content (AvgIpc) is 3.11. The number of hydrogen-bond donors (Lipinski definition) is 1. The standard InChI is InChI=1S/C26H26F3NO2/c27-19-3-1-17(2-4-19)25-24(22-13-20(28)14-23(29)26(22)30-25)18-9-16(10-18)12-21(31)11-15-5-7-32-8-6-15/h1-4,13-16,18,30H,5-12H2/t16-,18-. The van der Waals surface area contributed by atoms with E-state index in [1.165, 1.54) is 18.2 Å². The molecule has 0 spiro atoms. The first-order chi connectivity index (χ1) is 15.5. The number of fused-ring (bicyclic) bond motifs is 1. The van der Waals surface area contributed by atoms with Crippen LogP contribution in [0.4, 0.5) is 13.2 Å². The number of hydrogen-bond acceptors (Lipinski definition) is 2. The van der Waals surface area contributed by atoms with Crippen LogP contribution in [0.2, 0.25) is 0 Å². The molecule has 5 rings (SSSR count). The minimum absolute atomic E-state index is 0.103. The molecule has 2 fully saturated rings. The minimum Gasteiger partial charge on any atom is -0.381 e. The average molecular weight is 441 g/mol. The van der Waals surface area contributed by atoms with Crippen LogP contribution in [0.25, 0.3) is 22.2 Å². The van der Waals surface area contributed by atoms with Crippen LogP contribution in [0.3, 0.4) is 0 Å². The summed E-state index contributed by atoms with van der Waals surface area (Å²) in [6.07, 6.45) is 4.69. The second-order valence-corrected chi connectivity index (χ2v) is 9.27. The normalized spacial score (nSPS) is 21.6. The molecule has 2 aliphatic rings. The number of benzene rings is 2.